The maximum Gasteiger partial charge on any atom is 0.303 e. The lowest BCUT2D eigenvalue weighted by Gasteiger charge is -2.35. The van der Waals surface area contributed by atoms with Crippen molar-refractivity contribution in [2.75, 3.05) is 97.1 Å². The van der Waals surface area contributed by atoms with Crippen LogP contribution in [0.25, 0.3) is 11.0 Å². The Balaban J connectivity index is 1.11. The molecule has 0 bridgehead atoms. The zero-order valence-electron chi connectivity index (χ0n) is 31.1. The lowest BCUT2D eigenvalue weighted by atomic mass is 10.1. The molecule has 16 nitrogen and oxygen atoms in total. The number of fused-ring (bicyclic) bond motifs is 1. The number of nitrogens with two attached hydrogens (primary N) is 1. The number of benzene rings is 1. The first-order valence-electron chi connectivity index (χ1n) is 18.5. The van der Waals surface area contributed by atoms with E-state index in [0.29, 0.717) is 72.2 Å². The van der Waals surface area contributed by atoms with Crippen LogP contribution in [0.15, 0.2) is 30.5 Å². The van der Waals surface area contributed by atoms with E-state index < -0.39 is 5.97 Å². The summed E-state index contributed by atoms with van der Waals surface area (Å²) in [7, 11) is 1.70. The molecule has 1 aliphatic rings. The number of nitrogens with one attached hydrogen (secondary N) is 2. The quantitative estimate of drug-likeness (QED) is 0.0927. The van der Waals surface area contributed by atoms with Crippen LogP contribution >= 0.6 is 0 Å². The number of carboxylic acid groups (broad SMARTS) is 1. The molecule has 53 heavy (non-hydrogen) atoms. The Labute approximate surface area is 311 Å². The fraction of sp³-hybridized carbons (Fsp3) is 0.595. The number of methoxy groups -OCH3 is 1. The highest BCUT2D eigenvalue weighted by Crippen LogP contribution is 2.27. The number of amides is 2. The van der Waals surface area contributed by atoms with Gasteiger partial charge in [0.25, 0.3) is 0 Å². The number of carboxylic acids is 1. The molecule has 3 heterocycles. The van der Waals surface area contributed by atoms with Crippen molar-refractivity contribution in [3.63, 3.8) is 0 Å². The van der Waals surface area contributed by atoms with Gasteiger partial charge in [-0.05, 0) is 24.1 Å². The van der Waals surface area contributed by atoms with Gasteiger partial charge in [0.2, 0.25) is 17.8 Å². The Morgan fingerprint density at radius 1 is 0.868 bits per heavy atom. The molecule has 2 amide bonds. The first-order chi connectivity index (χ1) is 25.8. The topological polar surface area (TPSA) is 196 Å². The normalized spacial score (nSPS) is 13.4. The number of rotatable bonds is 25. The minimum Gasteiger partial charge on any atom is -0.496 e. The number of nitrogen functional groups attached to an aromatic ring is 1. The van der Waals surface area contributed by atoms with Crippen molar-refractivity contribution in [2.45, 2.75) is 58.5 Å². The van der Waals surface area contributed by atoms with Crippen LogP contribution in [0.5, 0.6) is 5.75 Å². The molecule has 0 radical (unpaired) electrons. The van der Waals surface area contributed by atoms with E-state index in [-0.39, 0.29) is 30.6 Å². The first kappa shape index (κ1) is 41.2. The third-order valence-corrected chi connectivity index (χ3v) is 8.86. The zero-order valence-corrected chi connectivity index (χ0v) is 31.1. The Bertz CT molecular complexity index is 1590. The average molecular weight is 741 g/mol. The summed E-state index contributed by atoms with van der Waals surface area (Å²) < 4.78 is 24.4. The molecule has 292 valence electrons. The number of carbonyl (C=O) groups is 3. The van der Waals surface area contributed by atoms with E-state index in [4.69, 9.17) is 29.8 Å². The van der Waals surface area contributed by atoms with Crippen molar-refractivity contribution in [1.29, 1.82) is 0 Å². The van der Waals surface area contributed by atoms with Crippen molar-refractivity contribution in [2.24, 2.45) is 0 Å². The summed E-state index contributed by atoms with van der Waals surface area (Å²) in [6, 6.07) is 8.32. The number of piperazine rings is 1. The van der Waals surface area contributed by atoms with Gasteiger partial charge in [0.05, 0.1) is 71.7 Å². The Kier molecular flexibility index (Phi) is 17.5. The molecular formula is C37H56N8O8. The van der Waals surface area contributed by atoms with Crippen LogP contribution in [0, 0.1) is 0 Å². The molecule has 3 aromatic rings. The molecule has 0 atom stereocenters. The summed E-state index contributed by atoms with van der Waals surface area (Å²) in [4.78, 5) is 47.9. The molecule has 0 unspecified atom stereocenters. The van der Waals surface area contributed by atoms with Crippen molar-refractivity contribution in [1.82, 2.24) is 29.7 Å². The number of hydrogen-bond acceptors (Lipinski definition) is 12. The Hall–Kier alpha value is -4.51. The number of aromatic nitrogens is 3. The average Bonchev–Trinajstić information content (AvgIpc) is 3.55. The predicted molar refractivity (Wildman–Crippen MR) is 201 cm³/mol. The second-order valence-electron chi connectivity index (χ2n) is 12.9. The minimum absolute atomic E-state index is 0.0461. The maximum absolute atomic E-state index is 12.8. The molecule has 5 N–H and O–H groups in total. The molecule has 1 saturated heterocycles. The molecule has 0 saturated carbocycles. The summed E-state index contributed by atoms with van der Waals surface area (Å²) >= 11 is 0. The van der Waals surface area contributed by atoms with Gasteiger partial charge in [-0.1, -0.05) is 31.9 Å². The predicted octanol–water partition coefficient (Wildman–Crippen LogP) is 2.74. The molecule has 0 aliphatic carbocycles. The van der Waals surface area contributed by atoms with Crippen LogP contribution < -0.4 is 21.1 Å². The van der Waals surface area contributed by atoms with Gasteiger partial charge < -0.3 is 49.9 Å². The van der Waals surface area contributed by atoms with Gasteiger partial charge in [0.1, 0.15) is 11.3 Å². The number of hydrogen-bond donors (Lipinski definition) is 4. The van der Waals surface area contributed by atoms with E-state index in [0.717, 1.165) is 79.2 Å². The summed E-state index contributed by atoms with van der Waals surface area (Å²) in [6.45, 7) is 9.77. The molecular weight excluding hydrogens is 684 g/mol. The van der Waals surface area contributed by atoms with Crippen molar-refractivity contribution >= 4 is 40.6 Å². The second-order valence-corrected chi connectivity index (χ2v) is 12.9. The number of carbonyl (C=O) groups excluding carboxylic acids is 2. The Morgan fingerprint density at radius 2 is 1.60 bits per heavy atom. The van der Waals surface area contributed by atoms with Gasteiger partial charge in [-0.2, -0.15) is 4.98 Å². The smallest absolute Gasteiger partial charge is 0.303 e. The van der Waals surface area contributed by atoms with Crippen LogP contribution in [-0.4, -0.2) is 133 Å². The molecule has 0 spiro atoms. The van der Waals surface area contributed by atoms with Crippen LogP contribution in [0.4, 0.5) is 11.8 Å². The molecule has 1 fully saturated rings. The molecule has 1 aromatic carbocycles. The zero-order chi connectivity index (χ0) is 37.8. The van der Waals surface area contributed by atoms with E-state index in [2.05, 4.69) is 55.2 Å². The number of unbranched alkanes of at least 4 members (excludes halogenated alkanes) is 2. The van der Waals surface area contributed by atoms with Gasteiger partial charge in [-0.15, -0.1) is 0 Å². The number of nitrogens with zero attached hydrogens (tertiary/aromatic N) is 5. The fourth-order valence-electron chi connectivity index (χ4n) is 6.01. The summed E-state index contributed by atoms with van der Waals surface area (Å²) in [5.41, 5.74) is 9.93. The maximum atomic E-state index is 12.8. The van der Waals surface area contributed by atoms with Gasteiger partial charge in [-0.3, -0.25) is 19.3 Å². The summed E-state index contributed by atoms with van der Waals surface area (Å²) in [5, 5.41) is 14.6. The van der Waals surface area contributed by atoms with Gasteiger partial charge in [-0.25, -0.2) is 4.98 Å². The summed E-state index contributed by atoms with van der Waals surface area (Å²) in [5.74, 6) is 0.592. The summed E-state index contributed by atoms with van der Waals surface area (Å²) in [6.07, 6.45) is 5.46. The highest BCUT2D eigenvalue weighted by atomic mass is 16.5. The molecule has 1 aliphatic heterocycles. The SMILES string of the molecule is CCCCCNc1nc(N)nc2ccn(Cc3ccc(CN4CCN(C(=O)CCOCCOCCOCCNC(=O)CCC(=O)O)CC4)cc3OC)c12. The lowest BCUT2D eigenvalue weighted by molar-refractivity contribution is -0.138. The third-order valence-electron chi connectivity index (χ3n) is 8.86. The van der Waals surface area contributed by atoms with Crippen LogP contribution in [0.2, 0.25) is 0 Å². The third kappa shape index (κ3) is 14.1. The molecule has 16 heteroatoms. The second kappa shape index (κ2) is 22.5. The van der Waals surface area contributed by atoms with E-state index in [1.165, 1.54) is 0 Å². The van der Waals surface area contributed by atoms with E-state index >= 15 is 0 Å². The largest absolute Gasteiger partial charge is 0.496 e. The van der Waals surface area contributed by atoms with Crippen molar-refractivity contribution in [3.05, 3.63) is 41.6 Å². The lowest BCUT2D eigenvalue weighted by Crippen LogP contribution is -2.48. The van der Waals surface area contributed by atoms with E-state index in [9.17, 15) is 14.4 Å². The van der Waals surface area contributed by atoms with Gasteiger partial charge in [0.15, 0.2) is 5.82 Å². The standard InChI is InChI=1S/C37H56N8O8/c1-3-4-5-12-40-36-35-30(41-37(38)42-36)10-14-45(35)27-29-7-6-28(25-31(29)50-2)26-43-15-17-44(18-16-43)33(47)11-19-51-21-23-53-24-22-52-20-13-39-32(46)8-9-34(48)49/h6-7,10,14,25H,3-5,8-9,11-13,15-24,26-27H2,1-2H3,(H,39,46)(H,48,49)(H3,38,40,41,42). The number of aliphatic carboxylic acids is 1. The molecule has 4 rings (SSSR count). The van der Waals surface area contributed by atoms with Gasteiger partial charge in [0, 0.05) is 64.0 Å². The fourth-order valence-corrected chi connectivity index (χ4v) is 6.01. The number of ether oxygens (including phenoxy) is 4. The van der Waals surface area contributed by atoms with Crippen molar-refractivity contribution in [3.8, 4) is 5.75 Å². The van der Waals surface area contributed by atoms with Gasteiger partial charge >= 0.3 is 5.97 Å². The first-order valence-corrected chi connectivity index (χ1v) is 18.5. The van der Waals surface area contributed by atoms with Crippen LogP contribution in [-0.2, 0) is 41.7 Å². The van der Waals surface area contributed by atoms with Crippen LogP contribution in [0.3, 0.4) is 0 Å². The van der Waals surface area contributed by atoms with E-state index in [1.54, 1.807) is 7.11 Å². The molecule has 2 aromatic heterocycles. The Morgan fingerprint density at radius 3 is 2.32 bits per heavy atom. The van der Waals surface area contributed by atoms with Crippen LogP contribution in [0.1, 0.15) is 56.6 Å². The monoisotopic (exact) mass is 740 g/mol. The minimum atomic E-state index is -1.00. The van der Waals surface area contributed by atoms with E-state index in [1.807, 2.05) is 17.2 Å². The van der Waals surface area contributed by atoms with Crippen molar-refractivity contribution < 1.29 is 38.4 Å². The highest BCUT2D eigenvalue weighted by Gasteiger charge is 2.21. The highest BCUT2D eigenvalue weighted by molar-refractivity contribution is 5.87. The number of anilines is 2.